The molecule has 0 saturated carbocycles. The Kier molecular flexibility index (Phi) is 1.67. The number of carbonyl (C=O) groups is 2. The monoisotopic (exact) mass is 211 g/mol. The first-order valence-corrected chi connectivity index (χ1v) is 4.64. The lowest BCUT2D eigenvalue weighted by atomic mass is 10.1. The van der Waals surface area contributed by atoms with Crippen LogP contribution < -0.4 is 10.7 Å². The lowest BCUT2D eigenvalue weighted by Gasteiger charge is -2.00. The third-order valence-electron chi connectivity index (χ3n) is 2.39. The maximum atomic E-state index is 11.2. The Morgan fingerprint density at radius 1 is 0.938 bits per heavy atom. The fourth-order valence-corrected chi connectivity index (χ4v) is 1.66. The summed E-state index contributed by atoms with van der Waals surface area (Å²) in [5.41, 5.74) is 0. The zero-order valence-electron chi connectivity index (χ0n) is 8.04. The van der Waals surface area contributed by atoms with E-state index in [1.165, 1.54) is 0 Å². The van der Waals surface area contributed by atoms with Crippen LogP contribution in [-0.2, 0) is 9.59 Å². The number of aromatic nitrogens is 1. The fourth-order valence-electron chi connectivity index (χ4n) is 1.66. The summed E-state index contributed by atoms with van der Waals surface area (Å²) in [6, 6.07) is 5.20. The highest BCUT2D eigenvalue weighted by molar-refractivity contribution is 6.36. The summed E-state index contributed by atoms with van der Waals surface area (Å²) in [5.74, 6) is -1.64. The third-order valence-corrected chi connectivity index (χ3v) is 2.39. The molecule has 76 valence electrons. The van der Waals surface area contributed by atoms with Crippen LogP contribution >= 0.6 is 0 Å². The van der Waals surface area contributed by atoms with Crippen molar-refractivity contribution < 1.29 is 9.59 Å². The van der Waals surface area contributed by atoms with Crippen molar-refractivity contribution >= 4 is 22.6 Å². The van der Waals surface area contributed by atoms with Crippen molar-refractivity contribution in [1.29, 1.82) is 0 Å². The van der Waals surface area contributed by atoms with Gasteiger partial charge in [-0.2, -0.15) is 0 Å². The second-order valence-electron chi connectivity index (χ2n) is 3.36. The molecule has 0 saturated heterocycles. The van der Waals surface area contributed by atoms with Crippen molar-refractivity contribution in [3.8, 4) is 0 Å². The number of pyridine rings is 1. The minimum Gasteiger partial charge on any atom is -0.264 e. The van der Waals surface area contributed by atoms with Gasteiger partial charge in [-0.15, -0.1) is 0 Å². The van der Waals surface area contributed by atoms with E-state index in [-0.39, 0.29) is 0 Å². The van der Waals surface area contributed by atoms with Crippen molar-refractivity contribution in [3.05, 3.63) is 41.3 Å². The quantitative estimate of drug-likeness (QED) is 0.553. The standard InChI is InChI=1S/C11H5N3O2/c15-10-11(16)14-9-7-3-4-12-5-6(7)1-2-8(9)13-10/h1-5H. The van der Waals surface area contributed by atoms with Crippen LogP contribution in [0.5, 0.6) is 0 Å². The highest BCUT2D eigenvalue weighted by atomic mass is 16.2. The van der Waals surface area contributed by atoms with Crippen LogP contribution in [0.15, 0.2) is 40.6 Å². The number of nitrogens with zero attached hydrogens (tertiary/aromatic N) is 3. The van der Waals surface area contributed by atoms with Gasteiger partial charge in [-0.25, -0.2) is 9.98 Å². The highest BCUT2D eigenvalue weighted by Crippen LogP contribution is 2.05. The molecular formula is C11H5N3O2. The lowest BCUT2D eigenvalue weighted by Crippen LogP contribution is -2.34. The molecule has 0 bridgehead atoms. The maximum Gasteiger partial charge on any atom is 0.338 e. The summed E-state index contributed by atoms with van der Waals surface area (Å²) in [6.45, 7) is 0. The zero-order chi connectivity index (χ0) is 11.1. The largest absolute Gasteiger partial charge is 0.338 e. The molecule has 0 unspecified atom stereocenters. The summed E-state index contributed by atoms with van der Waals surface area (Å²) < 4.78 is 0. The van der Waals surface area contributed by atoms with E-state index in [0.29, 0.717) is 10.7 Å². The van der Waals surface area contributed by atoms with E-state index < -0.39 is 11.8 Å². The number of hydrogen-bond acceptors (Lipinski definition) is 3. The predicted octanol–water partition coefficient (Wildman–Crippen LogP) is -0.459. The Labute approximate surface area is 89.2 Å². The van der Waals surface area contributed by atoms with Crippen LogP contribution in [0.4, 0.5) is 0 Å². The van der Waals surface area contributed by atoms with Crippen molar-refractivity contribution in [1.82, 2.24) is 4.98 Å². The zero-order valence-corrected chi connectivity index (χ0v) is 8.04. The van der Waals surface area contributed by atoms with E-state index >= 15 is 0 Å². The van der Waals surface area contributed by atoms with Gasteiger partial charge in [0.15, 0.2) is 0 Å². The van der Waals surface area contributed by atoms with Gasteiger partial charge < -0.3 is 0 Å². The summed E-state index contributed by atoms with van der Waals surface area (Å²) in [4.78, 5) is 33.6. The minimum atomic E-state index is -0.822. The van der Waals surface area contributed by atoms with Gasteiger partial charge in [-0.1, -0.05) is 6.07 Å². The van der Waals surface area contributed by atoms with Crippen LogP contribution in [-0.4, -0.2) is 16.8 Å². The molecule has 3 rings (SSSR count). The van der Waals surface area contributed by atoms with Gasteiger partial charge in [0.1, 0.15) is 5.36 Å². The topological polar surface area (TPSA) is 71.8 Å². The van der Waals surface area contributed by atoms with Crippen LogP contribution in [0.2, 0.25) is 0 Å². The predicted molar refractivity (Wildman–Crippen MR) is 54.1 cm³/mol. The summed E-state index contributed by atoms with van der Waals surface area (Å²) >= 11 is 0. The molecule has 0 atom stereocenters. The molecular weight excluding hydrogens is 206 g/mol. The summed E-state index contributed by atoms with van der Waals surface area (Å²) in [6.07, 6.45) is 3.28. The normalized spacial score (nSPS) is 14.2. The number of amides is 2. The Morgan fingerprint density at radius 2 is 1.75 bits per heavy atom. The molecule has 1 aromatic carbocycles. The molecule has 16 heavy (non-hydrogen) atoms. The smallest absolute Gasteiger partial charge is 0.264 e. The van der Waals surface area contributed by atoms with E-state index in [1.807, 2.05) is 0 Å². The first kappa shape index (κ1) is 8.84. The number of carbonyl (C=O) groups excluding carboxylic acids is 2. The molecule has 0 spiro atoms. The molecule has 2 amide bonds. The van der Waals surface area contributed by atoms with Crippen LogP contribution in [0.1, 0.15) is 0 Å². The average Bonchev–Trinajstić information content (AvgIpc) is 2.31. The van der Waals surface area contributed by atoms with Gasteiger partial charge >= 0.3 is 11.8 Å². The number of rotatable bonds is 0. The molecule has 0 radical (unpaired) electrons. The van der Waals surface area contributed by atoms with Gasteiger partial charge in [-0.05, 0) is 12.1 Å². The Bertz CT molecular complexity index is 749. The second-order valence-corrected chi connectivity index (χ2v) is 3.36. The molecule has 1 aliphatic rings. The van der Waals surface area contributed by atoms with Crippen molar-refractivity contribution in [2.75, 3.05) is 0 Å². The van der Waals surface area contributed by atoms with Crippen molar-refractivity contribution in [2.24, 2.45) is 9.98 Å². The number of benzene rings is 1. The lowest BCUT2D eigenvalue weighted by molar-refractivity contribution is -0.135. The van der Waals surface area contributed by atoms with Gasteiger partial charge in [0.2, 0.25) is 0 Å². The Balaban J connectivity index is 2.59. The van der Waals surface area contributed by atoms with Gasteiger partial charge in [0.05, 0.1) is 5.36 Å². The van der Waals surface area contributed by atoms with E-state index in [2.05, 4.69) is 15.0 Å². The third kappa shape index (κ3) is 1.15. The Hall–Kier alpha value is -2.43. The Morgan fingerprint density at radius 3 is 2.62 bits per heavy atom. The van der Waals surface area contributed by atoms with Crippen LogP contribution in [0.25, 0.3) is 10.8 Å². The highest BCUT2D eigenvalue weighted by Gasteiger charge is 2.15. The summed E-state index contributed by atoms with van der Waals surface area (Å²) in [7, 11) is 0. The second kappa shape index (κ2) is 3.03. The van der Waals surface area contributed by atoms with Gasteiger partial charge in [0, 0.05) is 23.2 Å². The first-order valence-electron chi connectivity index (χ1n) is 4.64. The van der Waals surface area contributed by atoms with E-state index in [4.69, 9.17) is 0 Å². The maximum absolute atomic E-state index is 11.2. The molecule has 1 aliphatic heterocycles. The molecule has 0 aliphatic carbocycles. The van der Waals surface area contributed by atoms with Crippen LogP contribution in [0.3, 0.4) is 0 Å². The average molecular weight is 211 g/mol. The van der Waals surface area contributed by atoms with E-state index in [9.17, 15) is 9.59 Å². The fraction of sp³-hybridized carbons (Fsp3) is 0. The van der Waals surface area contributed by atoms with Crippen molar-refractivity contribution in [2.45, 2.75) is 0 Å². The molecule has 2 heterocycles. The minimum absolute atomic E-state index is 0.434. The van der Waals surface area contributed by atoms with E-state index in [1.54, 1.807) is 30.6 Å². The number of hydrogen-bond donors (Lipinski definition) is 0. The van der Waals surface area contributed by atoms with Crippen LogP contribution in [0, 0.1) is 0 Å². The van der Waals surface area contributed by atoms with E-state index in [0.717, 1.165) is 10.8 Å². The number of fused-ring (bicyclic) bond motifs is 3. The molecule has 2 aromatic rings. The SMILES string of the molecule is O=C1N=c2ccc3cnccc3c2=NC1=O. The first-order chi connectivity index (χ1) is 7.75. The molecule has 5 nitrogen and oxygen atoms in total. The molecule has 5 heteroatoms. The van der Waals surface area contributed by atoms with Gasteiger partial charge in [-0.3, -0.25) is 14.6 Å². The van der Waals surface area contributed by atoms with Gasteiger partial charge in [0.25, 0.3) is 0 Å². The van der Waals surface area contributed by atoms with Crippen molar-refractivity contribution in [3.63, 3.8) is 0 Å². The molecule has 1 aromatic heterocycles. The molecule has 0 N–H and O–H groups in total. The summed E-state index contributed by atoms with van der Waals surface area (Å²) in [5, 5.41) is 2.52. The molecule has 0 fully saturated rings.